The van der Waals surface area contributed by atoms with Crippen LogP contribution in [-0.2, 0) is 4.94 Å². The summed E-state index contributed by atoms with van der Waals surface area (Å²) < 4.78 is 0. The highest BCUT2D eigenvalue weighted by Gasteiger charge is 2.14. The first-order valence-corrected chi connectivity index (χ1v) is 3.17. The van der Waals surface area contributed by atoms with E-state index < -0.39 is 0 Å². The maximum absolute atomic E-state index is 5.77. The zero-order valence-electron chi connectivity index (χ0n) is 4.97. The van der Waals surface area contributed by atoms with Crippen LogP contribution in [0.15, 0.2) is 18.2 Å². The van der Waals surface area contributed by atoms with Crippen molar-refractivity contribution in [1.29, 1.82) is 0 Å². The second kappa shape index (κ2) is 2.04. The molecule has 3 nitrogen and oxygen atoms in total. The fourth-order valence-electron chi connectivity index (χ4n) is 0.808. The monoisotopic (exact) mass is 155 g/mol. The zero-order chi connectivity index (χ0) is 6.97. The Hall–Kier alpha value is -0.930. The van der Waals surface area contributed by atoms with Crippen molar-refractivity contribution in [3.05, 3.63) is 23.2 Å². The molecule has 0 fully saturated rings. The summed E-state index contributed by atoms with van der Waals surface area (Å²) in [7, 11) is 0. The number of nitrogens with one attached hydrogen (secondary N) is 1. The molecular formula is C6H4ClN2O. The lowest BCUT2D eigenvalue weighted by Gasteiger charge is -1.94. The van der Waals surface area contributed by atoms with Gasteiger partial charge in [0.1, 0.15) is 11.4 Å². The van der Waals surface area contributed by atoms with Crippen molar-refractivity contribution in [3.8, 4) is 0 Å². The number of anilines is 1. The van der Waals surface area contributed by atoms with E-state index in [9.17, 15) is 0 Å². The van der Waals surface area contributed by atoms with E-state index in [-0.39, 0.29) is 0 Å². The summed E-state index contributed by atoms with van der Waals surface area (Å²) in [5.74, 6) is 0. The van der Waals surface area contributed by atoms with Gasteiger partial charge < -0.3 is 0 Å². The van der Waals surface area contributed by atoms with Gasteiger partial charge in [-0.1, -0.05) is 17.7 Å². The molecule has 0 amide bonds. The van der Waals surface area contributed by atoms with Crippen LogP contribution in [0.4, 0.5) is 11.4 Å². The Labute approximate surface area is 62.9 Å². The van der Waals surface area contributed by atoms with E-state index >= 15 is 0 Å². The number of hydrogen-bond donors (Lipinski definition) is 1. The summed E-state index contributed by atoms with van der Waals surface area (Å²) in [6.07, 6.45) is 0. The van der Waals surface area contributed by atoms with Gasteiger partial charge in [0.25, 0.3) is 0 Å². The van der Waals surface area contributed by atoms with E-state index in [2.05, 4.69) is 15.9 Å². The Balaban J connectivity index is 2.59. The van der Waals surface area contributed by atoms with Crippen molar-refractivity contribution < 1.29 is 4.94 Å². The first-order chi connectivity index (χ1) is 4.88. The standard InChI is InChI=1S/C6H4ClN2O/c7-4-2-1-3-5-6(4)9-10-8-5/h1-3,9H. The fourth-order valence-corrected chi connectivity index (χ4v) is 1.02. The Bertz CT molecular complexity index is 264. The highest BCUT2D eigenvalue weighted by molar-refractivity contribution is 6.33. The summed E-state index contributed by atoms with van der Waals surface area (Å²) in [6, 6.07) is 5.42. The number of benzene rings is 1. The molecule has 0 saturated carbocycles. The molecule has 0 aromatic heterocycles. The van der Waals surface area contributed by atoms with E-state index in [0.29, 0.717) is 5.02 Å². The minimum Gasteiger partial charge on any atom is -0.236 e. The lowest BCUT2D eigenvalue weighted by Crippen LogP contribution is -1.93. The molecule has 1 aliphatic heterocycles. The van der Waals surface area contributed by atoms with Gasteiger partial charge in [-0.2, -0.15) is 0 Å². The van der Waals surface area contributed by atoms with Gasteiger partial charge in [-0.25, -0.2) is 5.48 Å². The van der Waals surface area contributed by atoms with Crippen LogP contribution in [0.5, 0.6) is 0 Å². The van der Waals surface area contributed by atoms with E-state index in [1.807, 2.05) is 12.1 Å². The molecule has 1 radical (unpaired) electrons. The smallest absolute Gasteiger partial charge is 0.120 e. The molecule has 51 valence electrons. The van der Waals surface area contributed by atoms with Crippen LogP contribution in [0.2, 0.25) is 5.02 Å². The number of halogens is 1. The Kier molecular flexibility index (Phi) is 1.19. The van der Waals surface area contributed by atoms with Crippen LogP contribution < -0.4 is 11.0 Å². The number of hydrogen-bond acceptors (Lipinski definition) is 2. The maximum Gasteiger partial charge on any atom is 0.120 e. The molecule has 0 unspecified atom stereocenters. The maximum atomic E-state index is 5.77. The van der Waals surface area contributed by atoms with Gasteiger partial charge >= 0.3 is 0 Å². The van der Waals surface area contributed by atoms with Crippen LogP contribution in [0.25, 0.3) is 0 Å². The largest absolute Gasteiger partial charge is 0.236 e. The van der Waals surface area contributed by atoms with Crippen molar-refractivity contribution >= 4 is 23.0 Å². The lowest BCUT2D eigenvalue weighted by atomic mass is 10.3. The van der Waals surface area contributed by atoms with Gasteiger partial charge in [0.15, 0.2) is 0 Å². The van der Waals surface area contributed by atoms with Gasteiger partial charge in [-0.15, -0.1) is 10.4 Å². The average Bonchev–Trinajstić information content (AvgIpc) is 2.36. The molecule has 0 aliphatic carbocycles. The number of nitrogens with zero attached hydrogens (tertiary/aromatic N) is 1. The van der Waals surface area contributed by atoms with E-state index in [0.717, 1.165) is 11.4 Å². The average molecular weight is 156 g/mol. The van der Waals surface area contributed by atoms with E-state index in [1.54, 1.807) is 6.07 Å². The van der Waals surface area contributed by atoms with Gasteiger partial charge in [0.05, 0.1) is 5.02 Å². The highest BCUT2D eigenvalue weighted by atomic mass is 35.5. The Morgan fingerprint density at radius 1 is 1.50 bits per heavy atom. The van der Waals surface area contributed by atoms with Gasteiger partial charge in [0, 0.05) is 0 Å². The summed E-state index contributed by atoms with van der Waals surface area (Å²) in [4.78, 5) is 4.59. The molecule has 1 aliphatic rings. The van der Waals surface area contributed by atoms with Crippen LogP contribution in [0.3, 0.4) is 0 Å². The van der Waals surface area contributed by atoms with Gasteiger partial charge in [0.2, 0.25) is 0 Å². The third kappa shape index (κ3) is 0.716. The lowest BCUT2D eigenvalue weighted by molar-refractivity contribution is 0.140. The summed E-state index contributed by atoms with van der Waals surface area (Å²) in [6.45, 7) is 0. The SMILES string of the molecule is Clc1cccc2c1NO[N]2. The third-order valence-electron chi connectivity index (χ3n) is 1.28. The van der Waals surface area contributed by atoms with Crippen molar-refractivity contribution in [2.45, 2.75) is 0 Å². The predicted octanol–water partition coefficient (Wildman–Crippen LogP) is 1.85. The Morgan fingerprint density at radius 2 is 2.40 bits per heavy atom. The molecule has 4 heteroatoms. The van der Waals surface area contributed by atoms with Crippen LogP contribution >= 0.6 is 11.6 Å². The van der Waals surface area contributed by atoms with Crippen molar-refractivity contribution in [2.24, 2.45) is 0 Å². The number of para-hydroxylation sites is 1. The second-order valence-corrected chi connectivity index (χ2v) is 2.33. The summed E-state index contributed by atoms with van der Waals surface area (Å²) >= 11 is 5.77. The topological polar surface area (TPSA) is 35.4 Å². The normalized spacial score (nSPS) is 13.7. The third-order valence-corrected chi connectivity index (χ3v) is 1.60. The fraction of sp³-hybridized carbons (Fsp3) is 0. The number of fused-ring (bicyclic) bond motifs is 1. The number of rotatable bonds is 0. The first kappa shape index (κ1) is 5.82. The predicted molar refractivity (Wildman–Crippen MR) is 38.0 cm³/mol. The molecule has 10 heavy (non-hydrogen) atoms. The molecule has 1 heterocycles. The quantitative estimate of drug-likeness (QED) is 0.621. The molecular weight excluding hydrogens is 152 g/mol. The van der Waals surface area contributed by atoms with Crippen LogP contribution in [0, 0.1) is 0 Å². The van der Waals surface area contributed by atoms with Crippen molar-refractivity contribution in [3.63, 3.8) is 0 Å². The van der Waals surface area contributed by atoms with Crippen molar-refractivity contribution in [1.82, 2.24) is 5.48 Å². The second-order valence-electron chi connectivity index (χ2n) is 1.92. The zero-order valence-corrected chi connectivity index (χ0v) is 5.72. The van der Waals surface area contributed by atoms with Crippen LogP contribution in [-0.4, -0.2) is 0 Å². The van der Waals surface area contributed by atoms with Gasteiger partial charge in [-0.05, 0) is 12.1 Å². The molecule has 0 spiro atoms. The van der Waals surface area contributed by atoms with Crippen LogP contribution in [0.1, 0.15) is 0 Å². The minimum absolute atomic E-state index is 0.624. The van der Waals surface area contributed by atoms with E-state index in [1.165, 1.54) is 0 Å². The molecule has 0 atom stereocenters. The summed E-state index contributed by atoms with van der Waals surface area (Å²) in [5, 5.41) is 0.624. The van der Waals surface area contributed by atoms with Crippen molar-refractivity contribution in [2.75, 3.05) is 5.48 Å². The molecule has 1 aromatic carbocycles. The molecule has 0 saturated heterocycles. The molecule has 0 bridgehead atoms. The molecule has 1 N–H and O–H groups in total. The van der Waals surface area contributed by atoms with Gasteiger partial charge in [-0.3, -0.25) is 0 Å². The molecule has 1 aromatic rings. The Morgan fingerprint density at radius 3 is 3.20 bits per heavy atom. The minimum atomic E-state index is 0.624. The summed E-state index contributed by atoms with van der Waals surface area (Å²) in [5.41, 5.74) is 7.72. The van der Waals surface area contributed by atoms with E-state index in [4.69, 9.17) is 11.6 Å². The first-order valence-electron chi connectivity index (χ1n) is 2.79. The molecule has 2 rings (SSSR count). The highest BCUT2D eigenvalue weighted by Crippen LogP contribution is 2.33.